The number of nitrogens with zero attached hydrogens (tertiary/aromatic N) is 2. The van der Waals surface area contributed by atoms with Crippen LogP contribution in [0.2, 0.25) is 5.02 Å². The Labute approximate surface area is 203 Å². The molecule has 1 N–H and O–H groups in total. The van der Waals surface area contributed by atoms with Gasteiger partial charge in [-0.05, 0) is 37.1 Å². The molecule has 1 aliphatic rings. The molecule has 2 aromatic carbocycles. The first kappa shape index (κ1) is 23.5. The van der Waals surface area contributed by atoms with Crippen molar-refractivity contribution in [2.75, 3.05) is 4.90 Å². The lowest BCUT2D eigenvalue weighted by atomic mass is 9.94. The highest BCUT2D eigenvalue weighted by Gasteiger charge is 2.33. The van der Waals surface area contributed by atoms with Crippen molar-refractivity contribution in [1.29, 1.82) is 0 Å². The Morgan fingerprint density at radius 1 is 1.21 bits per heavy atom. The van der Waals surface area contributed by atoms with E-state index in [0.717, 1.165) is 31.4 Å². The number of hydrogen-bond donors (Lipinski definition) is 1. The molecule has 1 aromatic heterocycles. The van der Waals surface area contributed by atoms with E-state index in [4.69, 9.17) is 11.6 Å². The second-order valence-electron chi connectivity index (χ2n) is 8.34. The summed E-state index contributed by atoms with van der Waals surface area (Å²) < 4.78 is 14.3. The van der Waals surface area contributed by atoms with Crippen LogP contribution < -0.4 is 10.2 Å². The summed E-state index contributed by atoms with van der Waals surface area (Å²) in [6.07, 6.45) is 5.75. The second-order valence-corrected chi connectivity index (χ2v) is 9.47. The van der Waals surface area contributed by atoms with Crippen LogP contribution in [0.4, 0.5) is 10.1 Å². The average Bonchev–Trinajstić information content (AvgIpc) is 3.31. The summed E-state index contributed by atoms with van der Waals surface area (Å²) in [5.41, 5.74) is 4.43. The van der Waals surface area contributed by atoms with E-state index in [1.807, 2.05) is 23.6 Å². The quantitative estimate of drug-likeness (QED) is 0.388. The van der Waals surface area contributed by atoms with Crippen LogP contribution in [0.25, 0.3) is 0 Å². The Morgan fingerprint density at radius 3 is 2.70 bits per heavy atom. The predicted molar refractivity (Wildman–Crippen MR) is 133 cm³/mol. The summed E-state index contributed by atoms with van der Waals surface area (Å²) in [5.74, 6) is -0.553. The highest BCUT2D eigenvalue weighted by atomic mass is 35.5. The van der Waals surface area contributed by atoms with Crippen molar-refractivity contribution >= 4 is 34.5 Å². The van der Waals surface area contributed by atoms with Gasteiger partial charge < -0.3 is 10.2 Å². The van der Waals surface area contributed by atoms with Gasteiger partial charge in [0.15, 0.2) is 0 Å². The van der Waals surface area contributed by atoms with Crippen LogP contribution in [0.15, 0.2) is 71.7 Å². The van der Waals surface area contributed by atoms with Crippen molar-refractivity contribution in [2.24, 2.45) is 0 Å². The predicted octanol–water partition coefficient (Wildman–Crippen LogP) is 6.69. The van der Waals surface area contributed by atoms with Crippen LogP contribution in [-0.2, 0) is 11.2 Å². The summed E-state index contributed by atoms with van der Waals surface area (Å²) in [4.78, 5) is 20.0. The molecular weight excluding hydrogens is 457 g/mol. The monoisotopic (exact) mass is 483 g/mol. The first-order chi connectivity index (χ1) is 16.0. The van der Waals surface area contributed by atoms with E-state index in [2.05, 4.69) is 16.9 Å². The number of rotatable bonds is 8. The molecule has 3 aromatic rings. The van der Waals surface area contributed by atoms with Crippen molar-refractivity contribution in [1.82, 2.24) is 10.3 Å². The first-order valence-corrected chi connectivity index (χ1v) is 12.5. The Balaban J connectivity index is 1.76. The molecule has 1 unspecified atom stereocenters. The molecule has 0 spiro atoms. The van der Waals surface area contributed by atoms with Gasteiger partial charge in [-0.2, -0.15) is 0 Å². The van der Waals surface area contributed by atoms with E-state index >= 15 is 0 Å². The number of thiazole rings is 1. The van der Waals surface area contributed by atoms with Crippen molar-refractivity contribution in [3.05, 3.63) is 93.8 Å². The number of halogens is 2. The van der Waals surface area contributed by atoms with Crippen molar-refractivity contribution in [2.45, 2.75) is 50.6 Å². The Morgan fingerprint density at radius 2 is 2.00 bits per heavy atom. The minimum atomic E-state index is -0.798. The lowest BCUT2D eigenvalue weighted by molar-refractivity contribution is -0.123. The maximum Gasteiger partial charge on any atom is 0.247 e. The lowest BCUT2D eigenvalue weighted by Gasteiger charge is -2.36. The molecule has 172 valence electrons. The summed E-state index contributed by atoms with van der Waals surface area (Å²) in [5, 5.41) is 5.66. The molecule has 4 nitrogen and oxygen atoms in total. The third-order valence-electron chi connectivity index (χ3n) is 5.95. The van der Waals surface area contributed by atoms with Gasteiger partial charge >= 0.3 is 0 Å². The normalized spacial score (nSPS) is 15.1. The molecule has 1 aliphatic carbocycles. The molecular formula is C26H27ClFN3OS. The molecule has 1 saturated carbocycles. The number of benzene rings is 2. The number of carbonyl (C=O) groups is 1. The van der Waals surface area contributed by atoms with Crippen molar-refractivity contribution < 1.29 is 9.18 Å². The van der Waals surface area contributed by atoms with E-state index in [0.29, 0.717) is 28.4 Å². The average molecular weight is 484 g/mol. The molecule has 0 radical (unpaired) electrons. The van der Waals surface area contributed by atoms with Gasteiger partial charge in [-0.3, -0.25) is 4.79 Å². The second kappa shape index (κ2) is 10.9. The van der Waals surface area contributed by atoms with Crippen LogP contribution in [0, 0.1) is 5.82 Å². The number of amides is 1. The number of hydrogen-bond acceptors (Lipinski definition) is 4. The fourth-order valence-corrected chi connectivity index (χ4v) is 5.18. The largest absolute Gasteiger partial charge is 0.351 e. The highest BCUT2D eigenvalue weighted by molar-refractivity contribution is 7.07. The zero-order chi connectivity index (χ0) is 23.2. The van der Waals surface area contributed by atoms with E-state index in [9.17, 15) is 9.18 Å². The fourth-order valence-electron chi connectivity index (χ4n) is 4.38. The van der Waals surface area contributed by atoms with Gasteiger partial charge in [0.25, 0.3) is 0 Å². The van der Waals surface area contributed by atoms with Gasteiger partial charge in [0.2, 0.25) is 5.91 Å². The standard InChI is InChI=1S/C26H27ClFN3OS/c1-18(14-21-16-33-17-29-21)31(22-11-7-8-19(28)15-22)25(23-12-5-6-13-24(23)27)26(32)30-20-9-3-2-4-10-20/h5-8,11-13,15-17,20,25H,1-4,9-10,14H2,(H,30,32). The molecule has 1 heterocycles. The van der Waals surface area contributed by atoms with Gasteiger partial charge in [-0.25, -0.2) is 9.37 Å². The van der Waals surface area contributed by atoms with Crippen molar-refractivity contribution in [3.8, 4) is 0 Å². The summed E-state index contributed by atoms with van der Waals surface area (Å²) in [6.45, 7) is 4.29. The molecule has 0 aliphatic heterocycles. The lowest BCUT2D eigenvalue weighted by Crippen LogP contribution is -2.45. The molecule has 1 amide bonds. The SMILES string of the molecule is C=C(Cc1cscn1)N(c1cccc(F)c1)C(C(=O)NC1CCCCC1)c1ccccc1Cl. The molecule has 0 bridgehead atoms. The van der Waals surface area contributed by atoms with E-state index in [1.54, 1.807) is 28.6 Å². The summed E-state index contributed by atoms with van der Waals surface area (Å²) >= 11 is 8.09. The molecule has 1 fully saturated rings. The van der Waals surface area contributed by atoms with Crippen LogP contribution in [-0.4, -0.2) is 16.9 Å². The zero-order valence-corrected chi connectivity index (χ0v) is 19.9. The third-order valence-corrected chi connectivity index (χ3v) is 6.93. The van der Waals surface area contributed by atoms with Gasteiger partial charge in [0.1, 0.15) is 11.9 Å². The third kappa shape index (κ3) is 5.81. The smallest absolute Gasteiger partial charge is 0.247 e. The zero-order valence-electron chi connectivity index (χ0n) is 18.3. The topological polar surface area (TPSA) is 45.2 Å². The number of carbonyl (C=O) groups excluding carboxylic acids is 1. The molecule has 33 heavy (non-hydrogen) atoms. The Kier molecular flexibility index (Phi) is 7.78. The highest BCUT2D eigenvalue weighted by Crippen LogP contribution is 2.36. The maximum atomic E-state index is 14.3. The molecule has 4 rings (SSSR count). The van der Waals surface area contributed by atoms with E-state index in [1.165, 1.54) is 29.9 Å². The Hall–Kier alpha value is -2.70. The van der Waals surface area contributed by atoms with Gasteiger partial charge in [0, 0.05) is 39.8 Å². The van der Waals surface area contributed by atoms with E-state index < -0.39 is 6.04 Å². The molecule has 7 heteroatoms. The van der Waals surface area contributed by atoms with Crippen LogP contribution in [0.1, 0.15) is 49.4 Å². The summed E-state index contributed by atoms with van der Waals surface area (Å²) in [6, 6.07) is 12.9. The molecule has 0 saturated heterocycles. The van der Waals surface area contributed by atoms with Crippen LogP contribution in [0.5, 0.6) is 0 Å². The van der Waals surface area contributed by atoms with Gasteiger partial charge in [-0.1, -0.05) is 61.7 Å². The fraction of sp³-hybridized carbons (Fsp3) is 0.308. The van der Waals surface area contributed by atoms with E-state index in [-0.39, 0.29) is 17.8 Å². The minimum absolute atomic E-state index is 0.123. The van der Waals surface area contributed by atoms with Crippen LogP contribution >= 0.6 is 22.9 Å². The number of allylic oxidation sites excluding steroid dienone is 1. The minimum Gasteiger partial charge on any atom is -0.351 e. The molecule has 1 atom stereocenters. The van der Waals surface area contributed by atoms with Crippen molar-refractivity contribution in [3.63, 3.8) is 0 Å². The van der Waals surface area contributed by atoms with Gasteiger partial charge in [0.05, 0.1) is 11.2 Å². The maximum absolute atomic E-state index is 14.3. The number of anilines is 1. The van der Waals surface area contributed by atoms with Gasteiger partial charge in [-0.15, -0.1) is 11.3 Å². The number of aromatic nitrogens is 1. The first-order valence-electron chi connectivity index (χ1n) is 11.2. The van der Waals surface area contributed by atoms with Crippen LogP contribution in [0.3, 0.4) is 0 Å². The summed E-state index contributed by atoms with van der Waals surface area (Å²) in [7, 11) is 0. The Bertz CT molecular complexity index is 1100. The number of nitrogens with one attached hydrogen (secondary N) is 1.